The molecule has 0 aromatic heterocycles. The number of carbonyl (C=O) groups is 1. The standard InChI is InChI=1S/C11H10ClNO3/c12-6-2-1-3-9-4-5-11(13(15)16)10(7-9)8-14/h1,3-5,7-8H,2,6H2. The predicted octanol–water partition coefficient (Wildman–Crippen LogP) is 3.05. The Bertz CT molecular complexity index is 429. The van der Waals surface area contributed by atoms with Gasteiger partial charge in [0.15, 0.2) is 6.29 Å². The van der Waals surface area contributed by atoms with E-state index in [1.165, 1.54) is 12.1 Å². The molecular formula is C11H10ClNO3. The summed E-state index contributed by atoms with van der Waals surface area (Å²) in [6.45, 7) is 0. The number of hydrogen-bond acceptors (Lipinski definition) is 3. The lowest BCUT2D eigenvalue weighted by Gasteiger charge is -1.97. The van der Waals surface area contributed by atoms with E-state index < -0.39 is 4.92 Å². The Kier molecular flexibility index (Phi) is 4.66. The topological polar surface area (TPSA) is 60.2 Å². The molecule has 0 heterocycles. The minimum absolute atomic E-state index is 0.0815. The number of nitro benzene ring substituents is 1. The summed E-state index contributed by atoms with van der Waals surface area (Å²) >= 11 is 5.50. The maximum Gasteiger partial charge on any atom is 0.279 e. The van der Waals surface area contributed by atoms with Gasteiger partial charge in [-0.2, -0.15) is 0 Å². The molecule has 0 atom stereocenters. The summed E-state index contributed by atoms with van der Waals surface area (Å²) in [5.41, 5.74) is 0.653. The molecule has 0 saturated heterocycles. The molecule has 0 saturated carbocycles. The monoisotopic (exact) mass is 239 g/mol. The lowest BCUT2D eigenvalue weighted by molar-refractivity contribution is -0.385. The van der Waals surface area contributed by atoms with E-state index in [-0.39, 0.29) is 11.3 Å². The van der Waals surface area contributed by atoms with Crippen LogP contribution in [0.4, 0.5) is 5.69 Å². The first kappa shape index (κ1) is 12.4. The average Bonchev–Trinajstić information content (AvgIpc) is 2.29. The number of nitro groups is 1. The van der Waals surface area contributed by atoms with Gasteiger partial charge in [-0.3, -0.25) is 14.9 Å². The summed E-state index contributed by atoms with van der Waals surface area (Å²) in [6.07, 6.45) is 4.83. The van der Waals surface area contributed by atoms with E-state index in [4.69, 9.17) is 11.6 Å². The van der Waals surface area contributed by atoms with Gasteiger partial charge in [0.25, 0.3) is 5.69 Å². The first-order chi connectivity index (χ1) is 7.69. The fourth-order valence-corrected chi connectivity index (χ4v) is 1.35. The molecule has 0 aliphatic heterocycles. The van der Waals surface area contributed by atoms with Gasteiger partial charge in [-0.1, -0.05) is 12.2 Å². The fourth-order valence-electron chi connectivity index (χ4n) is 1.22. The van der Waals surface area contributed by atoms with Crippen molar-refractivity contribution in [2.24, 2.45) is 0 Å². The van der Waals surface area contributed by atoms with Crippen molar-refractivity contribution in [3.8, 4) is 0 Å². The molecule has 5 heteroatoms. The van der Waals surface area contributed by atoms with Crippen molar-refractivity contribution in [3.05, 3.63) is 45.5 Å². The van der Waals surface area contributed by atoms with Gasteiger partial charge >= 0.3 is 0 Å². The molecule has 0 N–H and O–H groups in total. The zero-order chi connectivity index (χ0) is 12.0. The Morgan fingerprint density at radius 2 is 2.19 bits per heavy atom. The molecule has 0 spiro atoms. The van der Waals surface area contributed by atoms with Crippen LogP contribution in [0.5, 0.6) is 0 Å². The highest BCUT2D eigenvalue weighted by atomic mass is 35.5. The van der Waals surface area contributed by atoms with E-state index in [9.17, 15) is 14.9 Å². The summed E-state index contributed by atoms with van der Waals surface area (Å²) in [5.74, 6) is 0.518. The number of benzene rings is 1. The van der Waals surface area contributed by atoms with Gasteiger partial charge < -0.3 is 0 Å². The lowest BCUT2D eigenvalue weighted by Crippen LogP contribution is -1.94. The van der Waals surface area contributed by atoms with Crippen LogP contribution >= 0.6 is 11.6 Å². The van der Waals surface area contributed by atoms with Gasteiger partial charge in [0, 0.05) is 11.9 Å². The normalized spacial score (nSPS) is 10.6. The molecule has 0 fully saturated rings. The van der Waals surface area contributed by atoms with E-state index in [0.717, 1.165) is 12.0 Å². The largest absolute Gasteiger partial charge is 0.298 e. The predicted molar refractivity (Wildman–Crippen MR) is 62.9 cm³/mol. The Labute approximate surface area is 97.7 Å². The third-order valence-corrected chi connectivity index (χ3v) is 2.18. The molecule has 0 unspecified atom stereocenters. The molecule has 0 radical (unpaired) electrons. The maximum atomic E-state index is 10.7. The zero-order valence-corrected chi connectivity index (χ0v) is 9.18. The van der Waals surface area contributed by atoms with Gasteiger partial charge in [0.2, 0.25) is 0 Å². The highest BCUT2D eigenvalue weighted by Crippen LogP contribution is 2.19. The third kappa shape index (κ3) is 3.17. The van der Waals surface area contributed by atoms with Crippen LogP contribution in [0.25, 0.3) is 6.08 Å². The smallest absolute Gasteiger partial charge is 0.279 e. The third-order valence-electron chi connectivity index (χ3n) is 1.96. The highest BCUT2D eigenvalue weighted by molar-refractivity contribution is 6.17. The van der Waals surface area contributed by atoms with Gasteiger partial charge in [-0.15, -0.1) is 11.6 Å². The Morgan fingerprint density at radius 3 is 2.75 bits per heavy atom. The van der Waals surface area contributed by atoms with Gasteiger partial charge in [-0.05, 0) is 24.1 Å². The highest BCUT2D eigenvalue weighted by Gasteiger charge is 2.12. The van der Waals surface area contributed by atoms with Crippen molar-refractivity contribution in [1.29, 1.82) is 0 Å². The van der Waals surface area contributed by atoms with Crippen molar-refractivity contribution in [3.63, 3.8) is 0 Å². The molecule has 0 aliphatic rings. The molecule has 4 nitrogen and oxygen atoms in total. The number of alkyl halides is 1. The molecule has 1 aromatic rings. The second-order valence-electron chi connectivity index (χ2n) is 3.07. The minimum Gasteiger partial charge on any atom is -0.298 e. The number of halogens is 1. The van der Waals surface area contributed by atoms with Crippen molar-refractivity contribution >= 4 is 29.7 Å². The minimum atomic E-state index is -0.573. The van der Waals surface area contributed by atoms with Crippen LogP contribution in [-0.2, 0) is 0 Å². The molecular weight excluding hydrogens is 230 g/mol. The van der Waals surface area contributed by atoms with E-state index in [2.05, 4.69) is 0 Å². The van der Waals surface area contributed by atoms with Crippen molar-refractivity contribution in [1.82, 2.24) is 0 Å². The number of hydrogen-bond donors (Lipinski definition) is 0. The zero-order valence-electron chi connectivity index (χ0n) is 8.43. The molecule has 0 amide bonds. The molecule has 1 aromatic carbocycles. The number of allylic oxidation sites excluding steroid dienone is 1. The molecule has 16 heavy (non-hydrogen) atoms. The average molecular weight is 240 g/mol. The van der Waals surface area contributed by atoms with Crippen LogP contribution in [0.15, 0.2) is 24.3 Å². The van der Waals surface area contributed by atoms with E-state index in [1.54, 1.807) is 12.1 Å². The van der Waals surface area contributed by atoms with E-state index in [0.29, 0.717) is 12.2 Å². The second kappa shape index (κ2) is 6.02. The fraction of sp³-hybridized carbons (Fsp3) is 0.182. The molecule has 1 rings (SSSR count). The van der Waals surface area contributed by atoms with Crippen LogP contribution in [0, 0.1) is 10.1 Å². The summed E-state index contributed by atoms with van der Waals surface area (Å²) < 4.78 is 0. The quantitative estimate of drug-likeness (QED) is 0.343. The maximum absolute atomic E-state index is 10.7. The van der Waals surface area contributed by atoms with Crippen LogP contribution in [0.3, 0.4) is 0 Å². The Hall–Kier alpha value is -1.68. The van der Waals surface area contributed by atoms with Crippen molar-refractivity contribution < 1.29 is 9.72 Å². The Balaban J connectivity index is 2.99. The van der Waals surface area contributed by atoms with Gasteiger partial charge in [-0.25, -0.2) is 0 Å². The van der Waals surface area contributed by atoms with Gasteiger partial charge in [0.1, 0.15) is 0 Å². The number of nitrogens with zero attached hydrogens (tertiary/aromatic N) is 1. The summed E-state index contributed by atoms with van der Waals surface area (Å²) in [5, 5.41) is 10.6. The van der Waals surface area contributed by atoms with Crippen molar-refractivity contribution in [2.45, 2.75) is 6.42 Å². The van der Waals surface area contributed by atoms with Crippen LogP contribution in [0.1, 0.15) is 22.3 Å². The number of aldehydes is 1. The summed E-state index contributed by atoms with van der Waals surface area (Å²) in [4.78, 5) is 20.7. The van der Waals surface area contributed by atoms with E-state index >= 15 is 0 Å². The van der Waals surface area contributed by atoms with Crippen molar-refractivity contribution in [2.75, 3.05) is 5.88 Å². The summed E-state index contributed by atoms with van der Waals surface area (Å²) in [6, 6.07) is 4.40. The molecule has 0 aliphatic carbocycles. The Morgan fingerprint density at radius 1 is 1.44 bits per heavy atom. The molecule has 0 bridgehead atoms. The number of carbonyl (C=O) groups excluding carboxylic acids is 1. The van der Waals surface area contributed by atoms with Crippen LogP contribution in [0.2, 0.25) is 0 Å². The lowest BCUT2D eigenvalue weighted by atomic mass is 10.1. The molecule has 84 valence electrons. The SMILES string of the molecule is O=Cc1cc(C=CCCCl)ccc1[N+](=O)[O-]. The summed E-state index contributed by atoms with van der Waals surface area (Å²) in [7, 11) is 0. The first-order valence-electron chi connectivity index (χ1n) is 4.65. The number of rotatable bonds is 5. The second-order valence-corrected chi connectivity index (χ2v) is 3.45. The van der Waals surface area contributed by atoms with Gasteiger partial charge in [0.05, 0.1) is 10.5 Å². The first-order valence-corrected chi connectivity index (χ1v) is 5.18. The van der Waals surface area contributed by atoms with E-state index in [1.807, 2.05) is 6.08 Å². The van der Waals surface area contributed by atoms with Crippen LogP contribution in [-0.4, -0.2) is 17.1 Å². The van der Waals surface area contributed by atoms with Crippen LogP contribution < -0.4 is 0 Å².